The molecular weight excluding hydrogens is 274 g/mol. The van der Waals surface area contributed by atoms with Crippen LogP contribution in [0.5, 0.6) is 0 Å². The second-order valence-electron chi connectivity index (χ2n) is 5.06. The van der Waals surface area contributed by atoms with E-state index >= 15 is 0 Å². The van der Waals surface area contributed by atoms with E-state index in [9.17, 15) is 19.7 Å². The van der Waals surface area contributed by atoms with Gasteiger partial charge in [0.2, 0.25) is 5.91 Å². The van der Waals surface area contributed by atoms with Gasteiger partial charge in [0.25, 0.3) is 11.6 Å². The van der Waals surface area contributed by atoms with Gasteiger partial charge in [0.05, 0.1) is 4.92 Å². The summed E-state index contributed by atoms with van der Waals surface area (Å²) in [7, 11) is 0. The Hall–Kier alpha value is -2.44. The van der Waals surface area contributed by atoms with Gasteiger partial charge in [-0.2, -0.15) is 0 Å². The summed E-state index contributed by atoms with van der Waals surface area (Å²) >= 11 is 0. The molecule has 2 rings (SSSR count). The molecular formula is C14H17N3O4. The molecule has 1 fully saturated rings. The lowest BCUT2D eigenvalue weighted by Gasteiger charge is -2.34. The van der Waals surface area contributed by atoms with Crippen molar-refractivity contribution in [1.82, 2.24) is 9.80 Å². The van der Waals surface area contributed by atoms with E-state index in [0.717, 1.165) is 0 Å². The summed E-state index contributed by atoms with van der Waals surface area (Å²) in [5, 5.41) is 10.8. The number of nitro groups is 1. The summed E-state index contributed by atoms with van der Waals surface area (Å²) < 4.78 is 0. The first-order valence-corrected chi connectivity index (χ1v) is 6.70. The topological polar surface area (TPSA) is 83.8 Å². The standard InChI is InChI=1S/C14H17N3O4/c1-10-9-12(3-4-13(10)17(20)21)14(19)16-7-5-15(6-8-16)11(2)18/h3-4,9H,5-8H2,1-2H3. The zero-order valence-electron chi connectivity index (χ0n) is 12.0. The highest BCUT2D eigenvalue weighted by atomic mass is 16.6. The monoisotopic (exact) mass is 291 g/mol. The number of carbonyl (C=O) groups excluding carboxylic acids is 2. The molecule has 0 aromatic heterocycles. The van der Waals surface area contributed by atoms with Crippen LogP contribution < -0.4 is 0 Å². The third kappa shape index (κ3) is 3.18. The first kappa shape index (κ1) is 15.0. The van der Waals surface area contributed by atoms with Crippen molar-refractivity contribution in [3.8, 4) is 0 Å². The van der Waals surface area contributed by atoms with E-state index in [4.69, 9.17) is 0 Å². The molecule has 1 heterocycles. The van der Waals surface area contributed by atoms with Crippen LogP contribution in [0.3, 0.4) is 0 Å². The number of hydrogen-bond donors (Lipinski definition) is 0. The van der Waals surface area contributed by atoms with Crippen LogP contribution in [0.1, 0.15) is 22.8 Å². The van der Waals surface area contributed by atoms with Crippen molar-refractivity contribution in [2.45, 2.75) is 13.8 Å². The highest BCUT2D eigenvalue weighted by Crippen LogP contribution is 2.20. The molecule has 0 bridgehead atoms. The SMILES string of the molecule is CC(=O)N1CCN(C(=O)c2ccc([N+](=O)[O-])c(C)c2)CC1. The molecule has 0 radical (unpaired) electrons. The number of benzene rings is 1. The van der Waals surface area contributed by atoms with Crippen LogP contribution in [0.25, 0.3) is 0 Å². The number of carbonyl (C=O) groups is 2. The van der Waals surface area contributed by atoms with Crippen molar-refractivity contribution in [2.24, 2.45) is 0 Å². The molecule has 0 atom stereocenters. The number of hydrogen-bond acceptors (Lipinski definition) is 4. The van der Waals surface area contributed by atoms with Crippen LogP contribution in [0.2, 0.25) is 0 Å². The summed E-state index contributed by atoms with van der Waals surface area (Å²) in [6.07, 6.45) is 0. The maximum atomic E-state index is 12.4. The van der Waals surface area contributed by atoms with E-state index in [-0.39, 0.29) is 17.5 Å². The van der Waals surface area contributed by atoms with Crippen molar-refractivity contribution < 1.29 is 14.5 Å². The molecule has 1 saturated heterocycles. The molecule has 112 valence electrons. The summed E-state index contributed by atoms with van der Waals surface area (Å²) in [6.45, 7) is 5.13. The van der Waals surface area contributed by atoms with Gasteiger partial charge in [0, 0.05) is 50.3 Å². The molecule has 1 aliphatic heterocycles. The number of nitrogens with zero attached hydrogens (tertiary/aromatic N) is 3. The van der Waals surface area contributed by atoms with Gasteiger partial charge < -0.3 is 9.80 Å². The van der Waals surface area contributed by atoms with Gasteiger partial charge in [0.1, 0.15) is 0 Å². The molecule has 1 aromatic rings. The maximum Gasteiger partial charge on any atom is 0.272 e. The predicted molar refractivity (Wildman–Crippen MR) is 76.0 cm³/mol. The van der Waals surface area contributed by atoms with Gasteiger partial charge in [-0.1, -0.05) is 0 Å². The van der Waals surface area contributed by atoms with Crippen LogP contribution in [0, 0.1) is 17.0 Å². The normalized spacial score (nSPS) is 15.0. The molecule has 7 nitrogen and oxygen atoms in total. The Morgan fingerprint density at radius 2 is 1.71 bits per heavy atom. The lowest BCUT2D eigenvalue weighted by Crippen LogP contribution is -2.50. The second-order valence-corrected chi connectivity index (χ2v) is 5.06. The van der Waals surface area contributed by atoms with Crippen molar-refractivity contribution >= 4 is 17.5 Å². The number of amides is 2. The minimum absolute atomic E-state index is 0.00736. The quantitative estimate of drug-likeness (QED) is 0.605. The average molecular weight is 291 g/mol. The van der Waals surface area contributed by atoms with Crippen LogP contribution in [-0.4, -0.2) is 52.7 Å². The van der Waals surface area contributed by atoms with Gasteiger partial charge >= 0.3 is 0 Å². The smallest absolute Gasteiger partial charge is 0.272 e. The Kier molecular flexibility index (Phi) is 4.21. The van der Waals surface area contributed by atoms with Crippen molar-refractivity contribution in [1.29, 1.82) is 0 Å². The molecule has 0 aliphatic carbocycles. The van der Waals surface area contributed by atoms with Crippen LogP contribution in [0.4, 0.5) is 5.69 Å². The van der Waals surface area contributed by atoms with Crippen molar-refractivity contribution in [3.63, 3.8) is 0 Å². The van der Waals surface area contributed by atoms with E-state index in [1.54, 1.807) is 16.7 Å². The van der Waals surface area contributed by atoms with Gasteiger partial charge in [-0.3, -0.25) is 19.7 Å². The van der Waals surface area contributed by atoms with E-state index < -0.39 is 4.92 Å². The molecule has 1 aromatic carbocycles. The van der Waals surface area contributed by atoms with E-state index in [1.165, 1.54) is 25.1 Å². The molecule has 7 heteroatoms. The Morgan fingerprint density at radius 3 is 2.19 bits per heavy atom. The summed E-state index contributed by atoms with van der Waals surface area (Å²) in [5.41, 5.74) is 0.913. The number of piperazine rings is 1. The summed E-state index contributed by atoms with van der Waals surface area (Å²) in [4.78, 5) is 37.3. The van der Waals surface area contributed by atoms with Crippen molar-refractivity contribution in [3.05, 3.63) is 39.4 Å². The first-order chi connectivity index (χ1) is 9.90. The third-order valence-electron chi connectivity index (χ3n) is 3.65. The van der Waals surface area contributed by atoms with E-state index in [1.807, 2.05) is 0 Å². The third-order valence-corrected chi connectivity index (χ3v) is 3.65. The fraction of sp³-hybridized carbons (Fsp3) is 0.429. The lowest BCUT2D eigenvalue weighted by atomic mass is 10.1. The zero-order chi connectivity index (χ0) is 15.6. The zero-order valence-corrected chi connectivity index (χ0v) is 12.0. The van der Waals surface area contributed by atoms with Crippen molar-refractivity contribution in [2.75, 3.05) is 26.2 Å². The highest BCUT2D eigenvalue weighted by Gasteiger charge is 2.24. The fourth-order valence-electron chi connectivity index (χ4n) is 2.40. The summed E-state index contributed by atoms with van der Waals surface area (Å²) in [6, 6.07) is 4.37. The first-order valence-electron chi connectivity index (χ1n) is 6.70. The fourth-order valence-corrected chi connectivity index (χ4v) is 2.40. The highest BCUT2D eigenvalue weighted by molar-refractivity contribution is 5.95. The minimum Gasteiger partial charge on any atom is -0.339 e. The van der Waals surface area contributed by atoms with Gasteiger partial charge in [0.15, 0.2) is 0 Å². The average Bonchev–Trinajstić information content (AvgIpc) is 2.46. The number of nitro benzene ring substituents is 1. The molecule has 2 amide bonds. The molecule has 0 N–H and O–H groups in total. The van der Waals surface area contributed by atoms with Gasteiger partial charge in [-0.15, -0.1) is 0 Å². The molecule has 0 unspecified atom stereocenters. The largest absolute Gasteiger partial charge is 0.339 e. The molecule has 21 heavy (non-hydrogen) atoms. The minimum atomic E-state index is -0.463. The molecule has 0 saturated carbocycles. The van der Waals surface area contributed by atoms with E-state index in [2.05, 4.69) is 0 Å². The Labute approximate surface area is 122 Å². The van der Waals surface area contributed by atoms with Crippen LogP contribution in [-0.2, 0) is 4.79 Å². The second kappa shape index (κ2) is 5.90. The van der Waals surface area contributed by atoms with Gasteiger partial charge in [-0.05, 0) is 19.1 Å². The molecule has 1 aliphatic rings. The summed E-state index contributed by atoms with van der Waals surface area (Å²) in [5.74, 6) is -0.149. The Morgan fingerprint density at radius 1 is 1.14 bits per heavy atom. The van der Waals surface area contributed by atoms with Crippen LogP contribution in [0.15, 0.2) is 18.2 Å². The maximum absolute atomic E-state index is 12.4. The Balaban J connectivity index is 2.09. The Bertz CT molecular complexity index is 592. The predicted octanol–water partition coefficient (Wildman–Crippen LogP) is 1.21. The number of rotatable bonds is 2. The van der Waals surface area contributed by atoms with Crippen LogP contribution >= 0.6 is 0 Å². The number of aryl methyl sites for hydroxylation is 1. The van der Waals surface area contributed by atoms with E-state index in [0.29, 0.717) is 37.3 Å². The lowest BCUT2D eigenvalue weighted by molar-refractivity contribution is -0.385. The van der Waals surface area contributed by atoms with Gasteiger partial charge in [-0.25, -0.2) is 0 Å². The molecule has 0 spiro atoms.